The largest absolute Gasteiger partial charge is 0.379 e. The van der Waals surface area contributed by atoms with E-state index in [0.29, 0.717) is 92.0 Å². The summed E-state index contributed by atoms with van der Waals surface area (Å²) in [6.07, 6.45) is 45.7. The molecule has 33 nitrogen and oxygen atoms in total. The van der Waals surface area contributed by atoms with Crippen LogP contribution in [0.2, 0.25) is 0 Å². The van der Waals surface area contributed by atoms with Crippen LogP contribution < -0.4 is 54.4 Å². The van der Waals surface area contributed by atoms with Crippen molar-refractivity contribution < 1.29 is 14.2 Å². The maximum Gasteiger partial charge on any atom is 0.250 e. The molecule has 18 heterocycles. The van der Waals surface area contributed by atoms with Crippen LogP contribution in [0.5, 0.6) is 0 Å². The van der Waals surface area contributed by atoms with Crippen molar-refractivity contribution >= 4 is 29.1 Å². The Labute approximate surface area is 839 Å². The summed E-state index contributed by atoms with van der Waals surface area (Å²) in [7, 11) is 0. The van der Waals surface area contributed by atoms with Crippen LogP contribution in [0, 0.1) is 63.7 Å². The SMILES string of the molecule is CCCn1cc(-n2cc(-c3ccc(NC4COC4)nc3C)cn2)ccc1=O.Cc1cc(NC2CCC2)ncc1-c1cnn(-c2ccc(=O)n(CC(C)C)c2)c1.Cc1cc(NC2CCOC2)ncc1-c1cnn(-c2ccc(=O)n(CC(C)C)c2)c1.Cc1nc(NC2CC3(CCC3)C2)ccc1-c1cnn(-c2ccc(=O)n(CC(C)C)c2)c1.Cc1nc(NC2CCOC2)ccc1-c1cnn(-c2ccc(=O)n(CC(C)C)c2)c1. The van der Waals surface area contributed by atoms with E-state index in [2.05, 4.69) is 187 Å². The lowest BCUT2D eigenvalue weighted by atomic mass is 9.54. The van der Waals surface area contributed by atoms with Gasteiger partial charge in [-0.3, -0.25) is 24.0 Å². The summed E-state index contributed by atoms with van der Waals surface area (Å²) in [5.41, 5.74) is 20.5. The molecule has 2 atom stereocenters. The van der Waals surface area contributed by atoms with E-state index in [1.807, 2.05) is 153 Å². The molecule has 21 rings (SSSR count). The molecular formula is C111H135N25O8. The Kier molecular flexibility index (Phi) is 32.1. The number of hydrogen-bond donors (Lipinski definition) is 5. The van der Waals surface area contributed by atoms with Gasteiger partial charge in [0.15, 0.2) is 0 Å². The lowest BCUT2D eigenvalue weighted by molar-refractivity contribution is 0.0191. The molecule has 6 aliphatic rings. The van der Waals surface area contributed by atoms with Crippen molar-refractivity contribution in [3.05, 3.63) is 295 Å². The molecule has 0 radical (unpaired) electrons. The molecule has 1 spiro atoms. The van der Waals surface area contributed by atoms with Crippen molar-refractivity contribution in [1.29, 1.82) is 0 Å². The van der Waals surface area contributed by atoms with Gasteiger partial charge in [-0.15, -0.1) is 0 Å². The van der Waals surface area contributed by atoms with Crippen molar-refractivity contribution in [1.82, 2.24) is 96.7 Å². The summed E-state index contributed by atoms with van der Waals surface area (Å²) < 4.78 is 33.7. The Morgan fingerprint density at radius 2 is 0.632 bits per heavy atom. The number of rotatable bonds is 30. The number of aromatic nitrogens is 20. The number of pyridine rings is 10. The standard InChI is InChI=1S/C25H31N5O.2C22H27N5O2.C22H27N5O.C20H23N5O2/c1-17(2)14-29-16-21(5-8-24(29)31)30-15-19(13-26-30)22-6-7-23(27-18(22)3)28-20-11-25(12-20)9-4-10-25;1-15(2)11-26-13-19(4-7-22(26)28)27-12-17(10-23-27)20-5-6-21(24-16(20)3)25-18-8-9-29-14-18;1-15(2)11-26-13-19(4-5-22(26)28)27-12-17(9-24-27)20-10-23-21(8-16(20)3)25-18-6-7-29-14-18;1-15(2)12-26-14-19(7-8-22(26)28)27-13-17(10-24-27)20-11-23-21(9-16(20)3)25-18-5-4-6-18;1-3-8-24-11-17(4-7-20(24)26)25-10-15(9-21-25)18-5-6-19(22-14(18)2)23-16-12-27-13-16/h5-8,13,15-17,20H,4,9-12,14H2,1-3H3,(H,27,28);4-7,10,12-13,15,18H,8-9,11,14H2,1-3H3,(H,24,25);4-5,8-10,12-13,15,18H,6-7,11,14H2,1-3H3,(H,23,25);7-11,13-15,18H,4-6,12H2,1-3H3,(H,23,25);4-7,9-11,16H,3,8,12-13H2,1-2H3,(H,22,23). The van der Waals surface area contributed by atoms with Crippen LogP contribution in [0.3, 0.4) is 0 Å². The number of ether oxygens (including phenoxy) is 3. The van der Waals surface area contributed by atoms with E-state index < -0.39 is 0 Å². The number of nitrogens with zero attached hydrogens (tertiary/aromatic N) is 20. The Morgan fingerprint density at radius 1 is 0.326 bits per heavy atom. The van der Waals surface area contributed by atoms with Gasteiger partial charge in [0, 0.05) is 235 Å². The Bertz CT molecular complexity index is 7080. The van der Waals surface area contributed by atoms with E-state index in [1.54, 1.807) is 85.4 Å². The van der Waals surface area contributed by atoms with Crippen molar-refractivity contribution in [2.45, 2.75) is 230 Å². The maximum absolute atomic E-state index is 12.1. The molecular weight excluding hydrogens is 1810 g/mol. The van der Waals surface area contributed by atoms with E-state index in [9.17, 15) is 24.0 Å². The summed E-state index contributed by atoms with van der Waals surface area (Å²) in [6, 6.07) is 35.7. The van der Waals surface area contributed by atoms with E-state index in [4.69, 9.17) is 24.2 Å². The monoisotopic (exact) mass is 1950 g/mol. The van der Waals surface area contributed by atoms with Crippen LogP contribution in [0.15, 0.2) is 239 Å². The molecule has 0 bridgehead atoms. The van der Waals surface area contributed by atoms with Crippen LogP contribution in [0.25, 0.3) is 84.1 Å². The molecule has 6 fully saturated rings. The van der Waals surface area contributed by atoms with E-state index in [-0.39, 0.29) is 27.8 Å². The van der Waals surface area contributed by atoms with E-state index in [1.165, 1.54) is 56.9 Å². The first-order valence-electron chi connectivity index (χ1n) is 50.7. The van der Waals surface area contributed by atoms with Crippen molar-refractivity contribution in [2.75, 3.05) is 66.2 Å². The number of aryl methyl sites for hydroxylation is 6. The molecule has 752 valence electrons. The fourth-order valence-electron chi connectivity index (χ4n) is 18.9. The molecule has 15 aromatic rings. The lowest BCUT2D eigenvalue weighted by Crippen LogP contribution is -2.49. The minimum atomic E-state index is 0.00521. The number of anilines is 5. The molecule has 33 heteroatoms. The molecule has 3 saturated heterocycles. The van der Waals surface area contributed by atoms with Crippen LogP contribution in [-0.2, 0) is 46.9 Å². The third-order valence-electron chi connectivity index (χ3n) is 27.0. The van der Waals surface area contributed by atoms with Gasteiger partial charge < -0.3 is 63.6 Å². The second-order valence-corrected chi connectivity index (χ2v) is 40.8. The van der Waals surface area contributed by atoms with Gasteiger partial charge in [-0.05, 0) is 218 Å². The molecule has 0 aromatic carbocycles. The first-order valence-corrected chi connectivity index (χ1v) is 50.7. The molecule has 5 N–H and O–H groups in total. The number of nitrogens with one attached hydrogen (secondary N) is 5. The average Bonchev–Trinajstić information content (AvgIpc) is 1.46. The van der Waals surface area contributed by atoms with Gasteiger partial charge in [-0.25, -0.2) is 48.3 Å². The lowest BCUT2D eigenvalue weighted by Gasteiger charge is -2.54. The van der Waals surface area contributed by atoms with Gasteiger partial charge in [-0.1, -0.05) is 68.7 Å². The highest BCUT2D eigenvalue weighted by Crippen LogP contribution is 2.56. The highest BCUT2D eigenvalue weighted by atomic mass is 16.5. The highest BCUT2D eigenvalue weighted by Gasteiger charge is 2.48. The molecule has 0 amide bonds. The summed E-state index contributed by atoms with van der Waals surface area (Å²) in [4.78, 5) is 83.6. The third kappa shape index (κ3) is 25.4. The van der Waals surface area contributed by atoms with Gasteiger partial charge in [0.2, 0.25) is 0 Å². The van der Waals surface area contributed by atoms with E-state index in [0.717, 1.165) is 195 Å². The fourth-order valence-corrected chi connectivity index (χ4v) is 18.9. The predicted octanol–water partition coefficient (Wildman–Crippen LogP) is 18.0. The zero-order valence-electron chi connectivity index (χ0n) is 85.2. The summed E-state index contributed by atoms with van der Waals surface area (Å²) in [6.45, 7) is 37.1. The predicted molar refractivity (Wildman–Crippen MR) is 567 cm³/mol. The van der Waals surface area contributed by atoms with Gasteiger partial charge in [0.25, 0.3) is 27.8 Å². The summed E-state index contributed by atoms with van der Waals surface area (Å²) in [5.74, 6) is 6.12. The fraction of sp³-hybridized carbons (Fsp3) is 0.414. The summed E-state index contributed by atoms with van der Waals surface area (Å²) >= 11 is 0. The van der Waals surface area contributed by atoms with Crippen LogP contribution in [0.1, 0.15) is 161 Å². The average molecular weight is 1950 g/mol. The molecule has 3 aliphatic carbocycles. The van der Waals surface area contributed by atoms with Crippen molar-refractivity contribution in [3.63, 3.8) is 0 Å². The second-order valence-electron chi connectivity index (χ2n) is 40.8. The molecule has 15 aromatic heterocycles. The molecule has 3 aliphatic heterocycles. The van der Waals surface area contributed by atoms with Gasteiger partial charge in [-0.2, -0.15) is 25.5 Å². The summed E-state index contributed by atoms with van der Waals surface area (Å²) in [5, 5.41) is 39.8. The zero-order valence-corrected chi connectivity index (χ0v) is 85.2. The van der Waals surface area contributed by atoms with Gasteiger partial charge in [0.1, 0.15) is 29.1 Å². The minimum absolute atomic E-state index is 0.00521. The quantitative estimate of drug-likeness (QED) is 0.0279. The highest BCUT2D eigenvalue weighted by molar-refractivity contribution is 5.71. The molecule has 144 heavy (non-hydrogen) atoms. The normalized spacial score (nSPS) is 15.8. The van der Waals surface area contributed by atoms with Crippen molar-refractivity contribution in [2.24, 2.45) is 29.1 Å². The number of hydrogen-bond acceptors (Lipinski definition) is 23. The van der Waals surface area contributed by atoms with Crippen LogP contribution in [0.4, 0.5) is 29.1 Å². The zero-order chi connectivity index (χ0) is 101. The second kappa shape index (κ2) is 45.8. The molecule has 3 saturated carbocycles. The Morgan fingerprint density at radius 3 is 0.910 bits per heavy atom. The maximum atomic E-state index is 12.1. The first kappa shape index (κ1) is 101. The third-order valence-corrected chi connectivity index (χ3v) is 27.0. The topological polar surface area (TPSA) is 351 Å². The Balaban J connectivity index is 0.000000124. The van der Waals surface area contributed by atoms with Gasteiger partial charge in [0.05, 0.1) is 104 Å². The molecule has 2 unspecified atom stereocenters. The first-order chi connectivity index (χ1) is 69.5. The van der Waals surface area contributed by atoms with E-state index >= 15 is 0 Å². The smallest absolute Gasteiger partial charge is 0.250 e. The van der Waals surface area contributed by atoms with Gasteiger partial charge >= 0.3 is 0 Å². The minimum Gasteiger partial charge on any atom is -0.379 e. The van der Waals surface area contributed by atoms with Crippen LogP contribution >= 0.6 is 0 Å². The van der Waals surface area contributed by atoms with Crippen LogP contribution in [-0.4, -0.2) is 167 Å². The Hall–Kier alpha value is -14.6. The van der Waals surface area contributed by atoms with Crippen molar-refractivity contribution in [3.8, 4) is 84.1 Å².